The molecular formula is C19H21N3O. The van der Waals surface area contributed by atoms with E-state index in [2.05, 4.69) is 6.07 Å². The van der Waals surface area contributed by atoms with E-state index in [-0.39, 0.29) is 0 Å². The topological polar surface area (TPSA) is 64.0 Å². The third-order valence-corrected chi connectivity index (χ3v) is 3.70. The predicted octanol–water partition coefficient (Wildman–Crippen LogP) is 4.33. The summed E-state index contributed by atoms with van der Waals surface area (Å²) in [7, 11) is 3.59. The van der Waals surface area contributed by atoms with Gasteiger partial charge in [-0.15, -0.1) is 0 Å². The summed E-state index contributed by atoms with van der Waals surface area (Å²) >= 11 is 0. The lowest BCUT2D eigenvalue weighted by molar-refractivity contribution is 0.415. The molecular weight excluding hydrogens is 286 g/mol. The lowest BCUT2D eigenvalue weighted by atomic mass is 10.1. The number of nitrogens with two attached hydrogens (primary N) is 1. The SMILES string of the molecule is CC.COc1ccc2c(C#N)c(-c3ccc(N)cc3)n(C)c2c1. The van der Waals surface area contributed by atoms with Crippen molar-refractivity contribution in [2.75, 3.05) is 12.8 Å². The number of hydrogen-bond donors (Lipinski definition) is 1. The van der Waals surface area contributed by atoms with Crippen molar-refractivity contribution in [2.24, 2.45) is 7.05 Å². The molecule has 0 aliphatic heterocycles. The zero-order valence-corrected chi connectivity index (χ0v) is 13.9. The van der Waals surface area contributed by atoms with Crippen LogP contribution >= 0.6 is 0 Å². The maximum Gasteiger partial charge on any atom is 0.120 e. The first-order valence-corrected chi connectivity index (χ1v) is 7.58. The van der Waals surface area contributed by atoms with E-state index < -0.39 is 0 Å². The summed E-state index contributed by atoms with van der Waals surface area (Å²) in [5, 5.41) is 10.5. The van der Waals surface area contributed by atoms with Crippen molar-refractivity contribution in [3.8, 4) is 23.1 Å². The van der Waals surface area contributed by atoms with Gasteiger partial charge in [0.2, 0.25) is 0 Å². The van der Waals surface area contributed by atoms with Crippen molar-refractivity contribution in [3.05, 3.63) is 48.0 Å². The van der Waals surface area contributed by atoms with Crippen LogP contribution in [0.15, 0.2) is 42.5 Å². The van der Waals surface area contributed by atoms with Crippen molar-refractivity contribution in [2.45, 2.75) is 13.8 Å². The van der Waals surface area contributed by atoms with E-state index in [4.69, 9.17) is 10.5 Å². The molecule has 0 bridgehead atoms. The van der Waals surface area contributed by atoms with Gasteiger partial charge in [0.1, 0.15) is 11.8 Å². The van der Waals surface area contributed by atoms with Gasteiger partial charge < -0.3 is 15.0 Å². The summed E-state index contributed by atoms with van der Waals surface area (Å²) in [6.07, 6.45) is 0. The van der Waals surface area contributed by atoms with Crippen LogP contribution in [0.2, 0.25) is 0 Å². The molecule has 118 valence electrons. The number of nitrogens with zero attached hydrogens (tertiary/aromatic N) is 2. The summed E-state index contributed by atoms with van der Waals surface area (Å²) in [6.45, 7) is 4.00. The average molecular weight is 307 g/mol. The molecule has 23 heavy (non-hydrogen) atoms. The second kappa shape index (κ2) is 6.89. The number of nitriles is 1. The van der Waals surface area contributed by atoms with Crippen LogP contribution in [-0.2, 0) is 7.05 Å². The fourth-order valence-corrected chi connectivity index (χ4v) is 2.64. The maximum absolute atomic E-state index is 9.55. The molecule has 1 aromatic heterocycles. The first kappa shape index (κ1) is 16.4. The van der Waals surface area contributed by atoms with Gasteiger partial charge in [-0.2, -0.15) is 5.26 Å². The molecule has 2 N–H and O–H groups in total. The van der Waals surface area contributed by atoms with Crippen molar-refractivity contribution >= 4 is 16.6 Å². The minimum absolute atomic E-state index is 0.667. The molecule has 3 aromatic rings. The summed E-state index contributed by atoms with van der Waals surface area (Å²) in [5.41, 5.74) is 9.94. The highest BCUT2D eigenvalue weighted by atomic mass is 16.5. The molecule has 4 nitrogen and oxygen atoms in total. The Morgan fingerprint density at radius 2 is 1.74 bits per heavy atom. The van der Waals surface area contributed by atoms with Crippen LogP contribution in [0.4, 0.5) is 5.69 Å². The van der Waals surface area contributed by atoms with Crippen molar-refractivity contribution in [3.63, 3.8) is 0 Å². The Balaban J connectivity index is 0.000000924. The van der Waals surface area contributed by atoms with Crippen LogP contribution in [0.3, 0.4) is 0 Å². The number of aryl methyl sites for hydroxylation is 1. The van der Waals surface area contributed by atoms with Crippen LogP contribution in [-0.4, -0.2) is 11.7 Å². The minimum Gasteiger partial charge on any atom is -0.497 e. The van der Waals surface area contributed by atoms with E-state index in [0.717, 1.165) is 27.9 Å². The molecule has 0 aliphatic rings. The zero-order valence-electron chi connectivity index (χ0n) is 13.9. The highest BCUT2D eigenvalue weighted by molar-refractivity contribution is 5.95. The number of methoxy groups -OCH3 is 1. The van der Waals surface area contributed by atoms with E-state index in [1.165, 1.54) is 0 Å². The van der Waals surface area contributed by atoms with E-state index in [9.17, 15) is 5.26 Å². The second-order valence-corrected chi connectivity index (χ2v) is 4.90. The van der Waals surface area contributed by atoms with Crippen LogP contribution in [0, 0.1) is 11.3 Å². The van der Waals surface area contributed by atoms with E-state index in [0.29, 0.717) is 11.3 Å². The molecule has 0 radical (unpaired) electrons. The van der Waals surface area contributed by atoms with Crippen molar-refractivity contribution in [1.29, 1.82) is 5.26 Å². The molecule has 1 heterocycles. The molecule has 3 rings (SSSR count). The largest absolute Gasteiger partial charge is 0.497 e. The summed E-state index contributed by atoms with van der Waals surface area (Å²) < 4.78 is 7.28. The molecule has 2 aromatic carbocycles. The van der Waals surface area contributed by atoms with Gasteiger partial charge in [0.15, 0.2) is 0 Å². The highest BCUT2D eigenvalue weighted by Gasteiger charge is 2.16. The normalized spacial score (nSPS) is 9.87. The number of aromatic nitrogens is 1. The van der Waals surface area contributed by atoms with Crippen LogP contribution in [0.5, 0.6) is 5.75 Å². The van der Waals surface area contributed by atoms with Crippen LogP contribution < -0.4 is 10.5 Å². The van der Waals surface area contributed by atoms with E-state index in [1.807, 2.05) is 67.9 Å². The third-order valence-electron chi connectivity index (χ3n) is 3.70. The molecule has 0 aliphatic carbocycles. The van der Waals surface area contributed by atoms with Gasteiger partial charge in [0.05, 0.1) is 23.9 Å². The highest BCUT2D eigenvalue weighted by Crippen LogP contribution is 2.34. The van der Waals surface area contributed by atoms with Gasteiger partial charge in [0.25, 0.3) is 0 Å². The summed E-state index contributed by atoms with van der Waals surface area (Å²) in [6, 6.07) is 15.6. The second-order valence-electron chi connectivity index (χ2n) is 4.90. The Kier molecular flexibility index (Phi) is 4.92. The average Bonchev–Trinajstić information content (AvgIpc) is 2.89. The van der Waals surface area contributed by atoms with Gasteiger partial charge in [-0.3, -0.25) is 0 Å². The number of fused-ring (bicyclic) bond motifs is 1. The lowest BCUT2D eigenvalue weighted by Crippen LogP contribution is -1.93. The first-order valence-electron chi connectivity index (χ1n) is 7.58. The predicted molar refractivity (Wildman–Crippen MR) is 95.4 cm³/mol. The number of nitrogen functional groups attached to an aromatic ring is 1. The molecule has 0 amide bonds. The number of anilines is 1. The Morgan fingerprint density at radius 1 is 1.09 bits per heavy atom. The van der Waals surface area contributed by atoms with Crippen molar-refractivity contribution in [1.82, 2.24) is 4.57 Å². The molecule has 0 saturated carbocycles. The summed E-state index contributed by atoms with van der Waals surface area (Å²) in [4.78, 5) is 0. The van der Waals surface area contributed by atoms with Gasteiger partial charge >= 0.3 is 0 Å². The first-order chi connectivity index (χ1) is 11.2. The third kappa shape index (κ3) is 2.86. The van der Waals surface area contributed by atoms with Crippen molar-refractivity contribution < 1.29 is 4.74 Å². The van der Waals surface area contributed by atoms with Gasteiger partial charge in [-0.05, 0) is 29.8 Å². The van der Waals surface area contributed by atoms with Gasteiger partial charge in [-0.25, -0.2) is 0 Å². The van der Waals surface area contributed by atoms with Gasteiger partial charge in [0, 0.05) is 24.2 Å². The van der Waals surface area contributed by atoms with Gasteiger partial charge in [-0.1, -0.05) is 26.0 Å². The van der Waals surface area contributed by atoms with E-state index >= 15 is 0 Å². The van der Waals surface area contributed by atoms with E-state index in [1.54, 1.807) is 7.11 Å². The minimum atomic E-state index is 0.667. The standard InChI is InChI=1S/C17H15N3O.C2H6/c1-20-16-9-13(21-2)7-8-14(16)15(10-18)17(20)11-3-5-12(19)6-4-11;1-2/h3-9H,19H2,1-2H3;1-2H3. The van der Waals surface area contributed by atoms with Crippen LogP contribution in [0.1, 0.15) is 19.4 Å². The zero-order chi connectivity index (χ0) is 17.0. The molecule has 0 atom stereocenters. The number of benzene rings is 2. The maximum atomic E-state index is 9.55. The fourth-order valence-electron chi connectivity index (χ4n) is 2.64. The molecule has 0 saturated heterocycles. The Hall–Kier alpha value is -2.93. The molecule has 4 heteroatoms. The summed E-state index contributed by atoms with van der Waals surface area (Å²) in [5.74, 6) is 0.774. The monoisotopic (exact) mass is 307 g/mol. The Bertz CT molecular complexity index is 855. The molecule has 0 spiro atoms. The smallest absolute Gasteiger partial charge is 0.120 e. The Labute approximate surface area is 136 Å². The molecule has 0 unspecified atom stereocenters. The number of hydrogen-bond acceptors (Lipinski definition) is 3. The lowest BCUT2D eigenvalue weighted by Gasteiger charge is -2.06. The fraction of sp³-hybridized carbons (Fsp3) is 0.211. The quantitative estimate of drug-likeness (QED) is 0.716. The number of rotatable bonds is 2. The van der Waals surface area contributed by atoms with Crippen LogP contribution in [0.25, 0.3) is 22.2 Å². The number of ether oxygens (including phenoxy) is 1. The molecule has 0 fully saturated rings. The Morgan fingerprint density at radius 3 is 2.30 bits per heavy atom.